The number of carbonyl (C=O) groups is 2. The van der Waals surface area contributed by atoms with Crippen LogP contribution in [0.1, 0.15) is 103 Å². The molecule has 0 aromatic heterocycles. The largest absolute Gasteiger partial charge is 0.457 e. The summed E-state index contributed by atoms with van der Waals surface area (Å²) in [5.41, 5.74) is 6.97. The second-order valence-electron chi connectivity index (χ2n) is 15.8. The standard InChI is InChI=1S/C41H66N6O5/c1-8-9-22-47-25-24-46(23-18-37(48)44-29-38(47)49)30-32-10-14-35(15-11-32)52-36-16-12-33(13-17-36)39(50)45-40(4,5)20-26-51-41(6,7)19-21-43-28-34(42)27-31(2)3/h10-17,28,31,34,38,49H,8-9,18-27,29-30,42H2,1-7H3,(H,44,48)(H,45,50). The third-order valence-electron chi connectivity index (χ3n) is 9.30. The number of aliphatic hydroxyl groups excluding tert-OH is 1. The van der Waals surface area contributed by atoms with Crippen LogP contribution >= 0.6 is 0 Å². The first-order valence-electron chi connectivity index (χ1n) is 19.1. The van der Waals surface area contributed by atoms with Gasteiger partial charge in [-0.05, 0) is 101 Å². The van der Waals surface area contributed by atoms with E-state index < -0.39 is 11.8 Å². The number of nitrogens with zero attached hydrogens (tertiary/aromatic N) is 3. The summed E-state index contributed by atoms with van der Waals surface area (Å²) in [6.45, 7) is 19.7. The minimum atomic E-state index is -0.674. The molecule has 52 heavy (non-hydrogen) atoms. The van der Waals surface area contributed by atoms with Gasteiger partial charge in [-0.2, -0.15) is 0 Å². The molecule has 0 radical (unpaired) electrons. The minimum Gasteiger partial charge on any atom is -0.457 e. The Morgan fingerprint density at radius 2 is 1.73 bits per heavy atom. The predicted octanol–water partition coefficient (Wildman–Crippen LogP) is 5.75. The van der Waals surface area contributed by atoms with Crippen LogP contribution in [0.15, 0.2) is 53.5 Å². The van der Waals surface area contributed by atoms with E-state index in [0.29, 0.717) is 62.1 Å². The molecule has 11 nitrogen and oxygen atoms in total. The molecule has 1 aliphatic rings. The summed E-state index contributed by atoms with van der Waals surface area (Å²) in [7, 11) is 0. The molecule has 0 bridgehead atoms. The van der Waals surface area contributed by atoms with Gasteiger partial charge in [-0.1, -0.05) is 39.3 Å². The Hall–Kier alpha value is -3.35. The smallest absolute Gasteiger partial charge is 0.251 e. The molecule has 1 fully saturated rings. The molecule has 11 heteroatoms. The summed E-state index contributed by atoms with van der Waals surface area (Å²) in [6.07, 6.45) is 6.00. The van der Waals surface area contributed by atoms with Crippen molar-refractivity contribution in [3.05, 3.63) is 59.7 Å². The monoisotopic (exact) mass is 723 g/mol. The Morgan fingerprint density at radius 1 is 1.06 bits per heavy atom. The van der Waals surface area contributed by atoms with E-state index in [9.17, 15) is 14.7 Å². The molecule has 2 atom stereocenters. The zero-order valence-corrected chi connectivity index (χ0v) is 32.8. The number of β-amino-alcohol motifs (C(OH)–C–C–N with tert-alkyl or cyclic N) is 1. The van der Waals surface area contributed by atoms with Crippen LogP contribution in [0.25, 0.3) is 0 Å². The van der Waals surface area contributed by atoms with Crippen LogP contribution in [0, 0.1) is 5.92 Å². The van der Waals surface area contributed by atoms with E-state index in [1.165, 1.54) is 0 Å². The highest BCUT2D eigenvalue weighted by molar-refractivity contribution is 5.94. The molecule has 2 amide bonds. The van der Waals surface area contributed by atoms with Gasteiger partial charge >= 0.3 is 0 Å². The first-order valence-corrected chi connectivity index (χ1v) is 19.1. The summed E-state index contributed by atoms with van der Waals surface area (Å²) in [5, 5.41) is 16.6. The molecule has 2 aromatic carbocycles. The number of hydrogen-bond acceptors (Lipinski definition) is 9. The van der Waals surface area contributed by atoms with Gasteiger partial charge in [0.05, 0.1) is 12.1 Å². The number of ether oxygens (including phenoxy) is 2. The topological polar surface area (TPSA) is 142 Å². The fraction of sp³-hybridized carbons (Fsp3) is 0.634. The number of carbonyl (C=O) groups excluding carboxylic acids is 2. The molecule has 3 rings (SSSR count). The molecule has 1 heterocycles. The minimum absolute atomic E-state index is 0.0101. The van der Waals surface area contributed by atoms with Gasteiger partial charge in [0.15, 0.2) is 0 Å². The second kappa shape index (κ2) is 21.4. The van der Waals surface area contributed by atoms with Crippen LogP contribution in [0.4, 0.5) is 0 Å². The summed E-state index contributed by atoms with van der Waals surface area (Å²) in [4.78, 5) is 34.2. The van der Waals surface area contributed by atoms with Crippen LogP contribution in [-0.2, 0) is 16.1 Å². The van der Waals surface area contributed by atoms with Crippen molar-refractivity contribution in [2.45, 2.75) is 117 Å². The van der Waals surface area contributed by atoms with Crippen molar-refractivity contribution >= 4 is 18.0 Å². The molecular weight excluding hydrogens is 656 g/mol. The third-order valence-corrected chi connectivity index (χ3v) is 9.30. The molecule has 2 aromatic rings. The average molecular weight is 723 g/mol. The highest BCUT2D eigenvalue weighted by Gasteiger charge is 2.24. The summed E-state index contributed by atoms with van der Waals surface area (Å²) >= 11 is 0. The summed E-state index contributed by atoms with van der Waals surface area (Å²) < 4.78 is 12.3. The van der Waals surface area contributed by atoms with E-state index in [4.69, 9.17) is 15.2 Å². The Kier molecular flexibility index (Phi) is 17.7. The second-order valence-corrected chi connectivity index (χ2v) is 15.8. The number of amides is 2. The van der Waals surface area contributed by atoms with E-state index in [2.05, 4.69) is 60.0 Å². The van der Waals surface area contributed by atoms with Crippen LogP contribution in [0.5, 0.6) is 11.5 Å². The molecule has 0 spiro atoms. The van der Waals surface area contributed by atoms with E-state index in [0.717, 1.165) is 50.9 Å². The molecule has 0 saturated carbocycles. The lowest BCUT2D eigenvalue weighted by atomic mass is 9.99. The van der Waals surface area contributed by atoms with Gasteiger partial charge in [0, 0.05) is 75.7 Å². The van der Waals surface area contributed by atoms with Crippen molar-refractivity contribution in [1.82, 2.24) is 20.4 Å². The van der Waals surface area contributed by atoms with Gasteiger partial charge in [0.1, 0.15) is 17.7 Å². The van der Waals surface area contributed by atoms with Gasteiger partial charge in [0.2, 0.25) is 5.91 Å². The van der Waals surface area contributed by atoms with E-state index >= 15 is 0 Å². The first kappa shape index (κ1) is 43.1. The predicted molar refractivity (Wildman–Crippen MR) is 210 cm³/mol. The lowest BCUT2D eigenvalue weighted by Crippen LogP contribution is -2.49. The van der Waals surface area contributed by atoms with Crippen molar-refractivity contribution < 1.29 is 24.2 Å². The van der Waals surface area contributed by atoms with E-state index in [-0.39, 0.29) is 30.0 Å². The zero-order chi connectivity index (χ0) is 38.1. The average Bonchev–Trinajstić information content (AvgIpc) is 3.08. The zero-order valence-electron chi connectivity index (χ0n) is 32.8. The summed E-state index contributed by atoms with van der Waals surface area (Å²) in [6, 6.07) is 15.1. The van der Waals surface area contributed by atoms with Gasteiger partial charge in [0.25, 0.3) is 5.91 Å². The van der Waals surface area contributed by atoms with Crippen molar-refractivity contribution in [2.75, 3.05) is 45.9 Å². The lowest BCUT2D eigenvalue weighted by molar-refractivity contribution is -0.123. The maximum Gasteiger partial charge on any atom is 0.251 e. The number of rotatable bonds is 19. The number of benzene rings is 2. The normalized spacial score (nSPS) is 17.7. The fourth-order valence-corrected chi connectivity index (χ4v) is 5.97. The molecule has 2 unspecified atom stereocenters. The number of nitrogens with one attached hydrogen (secondary N) is 2. The fourth-order valence-electron chi connectivity index (χ4n) is 5.97. The Labute approximate surface area is 312 Å². The number of aliphatic imine (C=N–C) groups is 1. The SMILES string of the molecule is CCCCN1CCN(Cc2ccc(Oc3ccc(C(=O)NC(C)(C)CCOC(C)(C)CCN=CC(N)CC(C)C)cc3)cc2)CCC(=O)NCC1O. The van der Waals surface area contributed by atoms with Crippen molar-refractivity contribution in [3.8, 4) is 11.5 Å². The molecule has 0 aliphatic carbocycles. The molecule has 5 N–H and O–H groups in total. The van der Waals surface area contributed by atoms with Crippen LogP contribution in [0.3, 0.4) is 0 Å². The number of nitrogens with two attached hydrogens (primary N) is 1. The van der Waals surface area contributed by atoms with E-state index in [1.807, 2.05) is 44.3 Å². The van der Waals surface area contributed by atoms with Crippen LogP contribution in [-0.4, -0.2) is 102 Å². The van der Waals surface area contributed by atoms with E-state index in [1.54, 1.807) is 24.3 Å². The molecular formula is C41H66N6O5. The van der Waals surface area contributed by atoms with Gasteiger partial charge in [-0.15, -0.1) is 0 Å². The Bertz CT molecular complexity index is 1380. The molecule has 1 aliphatic heterocycles. The highest BCUT2D eigenvalue weighted by Crippen LogP contribution is 2.24. The highest BCUT2D eigenvalue weighted by atomic mass is 16.5. The van der Waals surface area contributed by atoms with Gasteiger partial charge in [-0.25, -0.2) is 0 Å². The number of hydrogen-bond donors (Lipinski definition) is 4. The van der Waals surface area contributed by atoms with Crippen LogP contribution < -0.4 is 21.1 Å². The maximum atomic E-state index is 13.1. The van der Waals surface area contributed by atoms with Crippen molar-refractivity contribution in [1.29, 1.82) is 0 Å². The first-order chi connectivity index (χ1) is 24.6. The van der Waals surface area contributed by atoms with Crippen LogP contribution in [0.2, 0.25) is 0 Å². The molecule has 1 saturated heterocycles. The van der Waals surface area contributed by atoms with Crippen molar-refractivity contribution in [3.63, 3.8) is 0 Å². The Morgan fingerprint density at radius 3 is 2.38 bits per heavy atom. The molecule has 290 valence electrons. The van der Waals surface area contributed by atoms with Gasteiger partial charge < -0.3 is 30.9 Å². The number of unbranched alkanes of at least 4 members (excludes halogenated alkanes) is 1. The maximum absolute atomic E-state index is 13.1. The number of aliphatic hydroxyl groups is 1. The van der Waals surface area contributed by atoms with Crippen molar-refractivity contribution in [2.24, 2.45) is 16.6 Å². The lowest BCUT2D eigenvalue weighted by Gasteiger charge is -2.32. The van der Waals surface area contributed by atoms with Gasteiger partial charge in [-0.3, -0.25) is 24.4 Å². The Balaban J connectivity index is 1.45. The third kappa shape index (κ3) is 16.5. The quantitative estimate of drug-likeness (QED) is 0.135. The summed E-state index contributed by atoms with van der Waals surface area (Å²) in [5.74, 6) is 1.68.